The zero-order chi connectivity index (χ0) is 13.6. The molecule has 0 saturated heterocycles. The van der Waals surface area contributed by atoms with Crippen molar-refractivity contribution in [3.05, 3.63) is 0 Å². The van der Waals surface area contributed by atoms with Crippen LogP contribution >= 0.6 is 0 Å². The Hall–Kier alpha value is -1.95. The van der Waals surface area contributed by atoms with Crippen LogP contribution in [0.5, 0.6) is 0 Å². The van der Waals surface area contributed by atoms with Crippen LogP contribution in [0, 0.1) is 0 Å². The molecule has 0 aromatic rings. The van der Waals surface area contributed by atoms with Crippen molar-refractivity contribution in [2.24, 2.45) is 23.4 Å². The molecule has 11 heteroatoms. The molecule has 4 amide bonds. The molecule has 0 aliphatic rings. The van der Waals surface area contributed by atoms with Gasteiger partial charge in [-0.25, -0.2) is 33.0 Å². The van der Waals surface area contributed by atoms with Gasteiger partial charge in [-0.1, -0.05) is 0 Å². The van der Waals surface area contributed by atoms with Gasteiger partial charge in [-0.05, 0) is 13.8 Å². The fourth-order valence-corrected chi connectivity index (χ4v) is 0.0833. The molecule has 0 aliphatic heterocycles. The molecule has 0 saturated carbocycles. The number of carbonyl (C=O) groups is 3. The Morgan fingerprint density at radius 1 is 0.688 bits per heavy atom. The molecule has 0 spiro atoms. The Morgan fingerprint density at radius 2 is 0.812 bits per heavy atom. The summed E-state index contributed by atoms with van der Waals surface area (Å²) in [5.41, 5.74) is 6.96. The number of Topliss-reactive ketones (excluding diaryl/α,β-unsaturated/α-hetero) is 1. The van der Waals surface area contributed by atoms with Gasteiger partial charge >= 0.3 is 12.1 Å². The number of rotatable bonds is 0. The van der Waals surface area contributed by atoms with E-state index in [2.05, 4.69) is 23.4 Å². The monoisotopic (exact) mass is 238 g/mol. The third kappa shape index (κ3) is 40.2. The van der Waals surface area contributed by atoms with Crippen LogP contribution in [0.25, 0.3) is 0 Å². The van der Waals surface area contributed by atoms with Crippen molar-refractivity contribution in [1.82, 2.24) is 21.7 Å². The van der Waals surface area contributed by atoms with Gasteiger partial charge in [0, 0.05) is 0 Å². The molecule has 96 valence electrons. The SMILES string of the molecule is CC(C)=O.NNC(=O)NN.NNC(=O)NN. The van der Waals surface area contributed by atoms with E-state index in [4.69, 9.17) is 0 Å². The number of hydrogen-bond donors (Lipinski definition) is 8. The van der Waals surface area contributed by atoms with Crippen molar-refractivity contribution < 1.29 is 14.4 Å². The maximum absolute atomic E-state index is 9.71. The lowest BCUT2D eigenvalue weighted by molar-refractivity contribution is -0.114. The van der Waals surface area contributed by atoms with E-state index in [1.54, 1.807) is 21.7 Å². The molecule has 0 radical (unpaired) electrons. The molecule has 16 heavy (non-hydrogen) atoms. The van der Waals surface area contributed by atoms with Crippen LogP contribution < -0.4 is 45.1 Å². The Morgan fingerprint density at radius 3 is 0.812 bits per heavy atom. The molecule has 0 fully saturated rings. The van der Waals surface area contributed by atoms with Crippen molar-refractivity contribution in [1.29, 1.82) is 0 Å². The van der Waals surface area contributed by atoms with Crippen molar-refractivity contribution >= 4 is 17.8 Å². The predicted molar refractivity (Wildman–Crippen MR) is 56.4 cm³/mol. The maximum atomic E-state index is 9.71. The molecule has 11 nitrogen and oxygen atoms in total. The lowest BCUT2D eigenvalue weighted by Gasteiger charge is -1.90. The molecule has 0 aromatic heterocycles. The molecular formula is C5H18N8O3. The number of nitrogens with two attached hydrogens (primary N) is 4. The average Bonchev–Trinajstić information content (AvgIpc) is 2.26. The van der Waals surface area contributed by atoms with Gasteiger partial charge in [0.2, 0.25) is 0 Å². The normalized spacial score (nSPS) is 6.88. The Bertz CT molecular complexity index is 176. The van der Waals surface area contributed by atoms with Gasteiger partial charge in [0.15, 0.2) is 0 Å². The first-order valence-electron chi connectivity index (χ1n) is 3.77. The predicted octanol–water partition coefficient (Wildman–Crippen LogP) is -3.34. The third-order valence-corrected chi connectivity index (χ3v) is 0.524. The van der Waals surface area contributed by atoms with E-state index in [0.717, 1.165) is 0 Å². The minimum Gasteiger partial charge on any atom is -0.300 e. The number of hydrogen-bond acceptors (Lipinski definition) is 7. The molecule has 0 atom stereocenters. The van der Waals surface area contributed by atoms with Crippen LogP contribution in [0.15, 0.2) is 0 Å². The summed E-state index contributed by atoms with van der Waals surface area (Å²) in [4.78, 5) is 28.9. The van der Waals surface area contributed by atoms with Crippen LogP contribution in [0.1, 0.15) is 13.8 Å². The number of amides is 4. The molecule has 0 rings (SSSR count). The highest BCUT2D eigenvalue weighted by Crippen LogP contribution is 1.50. The smallest absolute Gasteiger partial charge is 0.300 e. The second kappa shape index (κ2) is 15.5. The van der Waals surface area contributed by atoms with Crippen LogP contribution in [0.4, 0.5) is 9.59 Å². The lowest BCUT2D eigenvalue weighted by atomic mass is 10.6. The van der Waals surface area contributed by atoms with Crippen molar-refractivity contribution in [2.45, 2.75) is 13.8 Å². The topological polar surface area (TPSA) is 203 Å². The molecule has 0 aromatic carbocycles. The highest BCUT2D eigenvalue weighted by Gasteiger charge is 1.83. The minimum atomic E-state index is -0.602. The standard InChI is InChI=1S/C3H6O.2CH6N4O/c1-3(2)4;2*2-4-1(6)5-3/h1-2H3;2*2-3H2,(H2,4,5,6). The summed E-state index contributed by atoms with van der Waals surface area (Å²) in [5, 5.41) is 0. The summed E-state index contributed by atoms with van der Waals surface area (Å²) in [6, 6.07) is -1.20. The number of ketones is 1. The van der Waals surface area contributed by atoms with Gasteiger partial charge in [0.05, 0.1) is 0 Å². The van der Waals surface area contributed by atoms with Crippen molar-refractivity contribution in [3.8, 4) is 0 Å². The van der Waals surface area contributed by atoms with Gasteiger partial charge in [-0.3, -0.25) is 21.7 Å². The van der Waals surface area contributed by atoms with Gasteiger partial charge < -0.3 is 4.79 Å². The summed E-state index contributed by atoms with van der Waals surface area (Å²) < 4.78 is 0. The van der Waals surface area contributed by atoms with Crippen LogP contribution in [-0.4, -0.2) is 17.8 Å². The molecule has 0 heterocycles. The third-order valence-electron chi connectivity index (χ3n) is 0.524. The largest absolute Gasteiger partial charge is 0.343 e. The van der Waals surface area contributed by atoms with Crippen molar-refractivity contribution in [2.75, 3.05) is 0 Å². The Kier molecular flexibility index (Phi) is 19.0. The summed E-state index contributed by atoms with van der Waals surface area (Å²) >= 11 is 0. The first-order chi connectivity index (χ1) is 7.35. The minimum absolute atomic E-state index is 0.167. The van der Waals surface area contributed by atoms with Gasteiger partial charge in [0.1, 0.15) is 5.78 Å². The molecular weight excluding hydrogens is 220 g/mol. The van der Waals surface area contributed by atoms with Crippen molar-refractivity contribution in [3.63, 3.8) is 0 Å². The number of nitrogens with one attached hydrogen (secondary N) is 4. The lowest BCUT2D eigenvalue weighted by Crippen LogP contribution is -2.43. The summed E-state index contributed by atoms with van der Waals surface area (Å²) in [7, 11) is 0. The van der Waals surface area contributed by atoms with E-state index in [1.165, 1.54) is 13.8 Å². The number of carbonyl (C=O) groups excluding carboxylic acids is 3. The number of urea groups is 2. The van der Waals surface area contributed by atoms with Gasteiger partial charge in [0.25, 0.3) is 0 Å². The molecule has 0 unspecified atom stereocenters. The van der Waals surface area contributed by atoms with Crippen LogP contribution in [0.3, 0.4) is 0 Å². The second-order valence-corrected chi connectivity index (χ2v) is 2.14. The van der Waals surface area contributed by atoms with E-state index >= 15 is 0 Å². The highest BCUT2D eigenvalue weighted by atomic mass is 16.2. The van der Waals surface area contributed by atoms with E-state index in [-0.39, 0.29) is 5.78 Å². The molecule has 0 bridgehead atoms. The molecule has 0 aliphatic carbocycles. The van der Waals surface area contributed by atoms with E-state index < -0.39 is 12.1 Å². The highest BCUT2D eigenvalue weighted by molar-refractivity contribution is 5.72. The Balaban J connectivity index is -0.000000162. The fourth-order valence-electron chi connectivity index (χ4n) is 0.0833. The van der Waals surface area contributed by atoms with E-state index in [0.29, 0.717) is 0 Å². The molecule has 12 N–H and O–H groups in total. The van der Waals surface area contributed by atoms with Gasteiger partial charge in [-0.2, -0.15) is 0 Å². The zero-order valence-electron chi connectivity index (χ0n) is 9.03. The first kappa shape index (κ1) is 19.6. The summed E-state index contributed by atoms with van der Waals surface area (Å²) in [6.45, 7) is 3.06. The van der Waals surface area contributed by atoms with E-state index in [1.807, 2.05) is 0 Å². The Labute approximate surface area is 92.1 Å². The summed E-state index contributed by atoms with van der Waals surface area (Å²) in [6.07, 6.45) is 0. The van der Waals surface area contributed by atoms with Crippen LogP contribution in [-0.2, 0) is 4.79 Å². The van der Waals surface area contributed by atoms with E-state index in [9.17, 15) is 14.4 Å². The second-order valence-electron chi connectivity index (χ2n) is 2.14. The average molecular weight is 238 g/mol. The quantitative estimate of drug-likeness (QED) is 0.122. The number of hydrazine groups is 4. The van der Waals surface area contributed by atoms with Gasteiger partial charge in [-0.15, -0.1) is 0 Å². The summed E-state index contributed by atoms with van der Waals surface area (Å²) in [5.74, 6) is 18.3. The van der Waals surface area contributed by atoms with Crippen LogP contribution in [0.2, 0.25) is 0 Å². The maximum Gasteiger partial charge on any atom is 0.343 e. The zero-order valence-corrected chi connectivity index (χ0v) is 9.03. The first-order valence-corrected chi connectivity index (χ1v) is 3.77. The fraction of sp³-hybridized carbons (Fsp3) is 0.400.